The second-order valence-electron chi connectivity index (χ2n) is 6.07. The van der Waals surface area contributed by atoms with Crippen molar-refractivity contribution in [3.05, 3.63) is 64.6 Å². The maximum atomic E-state index is 13.2. The molecule has 1 aromatic carbocycles. The molecule has 0 saturated heterocycles. The van der Waals surface area contributed by atoms with Crippen LogP contribution in [0.3, 0.4) is 0 Å². The lowest BCUT2D eigenvalue weighted by Gasteiger charge is -2.13. The van der Waals surface area contributed by atoms with Crippen LogP contribution in [0.25, 0.3) is 4.85 Å². The van der Waals surface area contributed by atoms with Gasteiger partial charge in [-0.15, -0.1) is 0 Å². The maximum Gasteiger partial charge on any atom is 0.231 e. The highest BCUT2D eigenvalue weighted by atomic mass is 19.1. The standard InChI is InChI=1S/C19H18F2N6O/c1-11-6-16(24-17-7-12(2)26-27-17)25-19(18(11)22-3)23-4-5-28-15-9-13(20)8-14(21)10-15/h6-10H,4-5H2,1-2H3,(H3,23,24,25,26,27). The summed E-state index contributed by atoms with van der Waals surface area (Å²) in [5.74, 6) is 0.220. The normalized spacial score (nSPS) is 10.4. The van der Waals surface area contributed by atoms with Gasteiger partial charge in [0.15, 0.2) is 5.82 Å². The Kier molecular flexibility index (Phi) is 5.69. The predicted octanol–water partition coefficient (Wildman–Crippen LogP) is 4.49. The largest absolute Gasteiger partial charge is 0.492 e. The van der Waals surface area contributed by atoms with Gasteiger partial charge in [0.25, 0.3) is 0 Å². The first kappa shape index (κ1) is 19.1. The summed E-state index contributed by atoms with van der Waals surface area (Å²) >= 11 is 0. The third kappa shape index (κ3) is 4.73. The minimum atomic E-state index is -0.706. The Balaban J connectivity index is 1.67. The molecule has 7 nitrogen and oxygen atoms in total. The number of anilines is 3. The van der Waals surface area contributed by atoms with Crippen molar-refractivity contribution in [1.82, 2.24) is 15.2 Å². The molecule has 0 unspecified atom stereocenters. The van der Waals surface area contributed by atoms with Crippen LogP contribution in [0.1, 0.15) is 11.3 Å². The fourth-order valence-electron chi connectivity index (χ4n) is 2.56. The van der Waals surface area contributed by atoms with Crippen molar-refractivity contribution in [3.63, 3.8) is 0 Å². The van der Waals surface area contributed by atoms with Gasteiger partial charge in [0.1, 0.15) is 35.6 Å². The number of aryl methyl sites for hydroxylation is 2. The van der Waals surface area contributed by atoms with Gasteiger partial charge < -0.3 is 15.4 Å². The van der Waals surface area contributed by atoms with Crippen molar-refractivity contribution >= 4 is 23.1 Å². The molecule has 3 aromatic rings. The van der Waals surface area contributed by atoms with E-state index >= 15 is 0 Å². The lowest BCUT2D eigenvalue weighted by atomic mass is 10.2. The van der Waals surface area contributed by atoms with Crippen LogP contribution in [0.2, 0.25) is 0 Å². The monoisotopic (exact) mass is 384 g/mol. The van der Waals surface area contributed by atoms with Crippen LogP contribution < -0.4 is 15.4 Å². The fraction of sp³-hybridized carbons (Fsp3) is 0.211. The van der Waals surface area contributed by atoms with Gasteiger partial charge in [-0.05, 0) is 25.5 Å². The van der Waals surface area contributed by atoms with Crippen molar-refractivity contribution in [2.75, 3.05) is 23.8 Å². The van der Waals surface area contributed by atoms with Gasteiger partial charge in [-0.2, -0.15) is 5.10 Å². The number of hydrogen-bond acceptors (Lipinski definition) is 5. The molecule has 144 valence electrons. The van der Waals surface area contributed by atoms with Crippen LogP contribution in [0.5, 0.6) is 5.75 Å². The van der Waals surface area contributed by atoms with Crippen molar-refractivity contribution in [2.24, 2.45) is 0 Å². The Morgan fingerprint density at radius 1 is 1.11 bits per heavy atom. The van der Waals surface area contributed by atoms with E-state index in [2.05, 4.69) is 30.7 Å². The summed E-state index contributed by atoms with van der Waals surface area (Å²) in [5, 5.41) is 13.0. The van der Waals surface area contributed by atoms with E-state index in [4.69, 9.17) is 11.3 Å². The van der Waals surface area contributed by atoms with E-state index in [1.54, 1.807) is 6.07 Å². The highest BCUT2D eigenvalue weighted by Crippen LogP contribution is 2.30. The Labute approximate surface area is 160 Å². The Hall–Kier alpha value is -3.67. The van der Waals surface area contributed by atoms with Crippen LogP contribution in [0.15, 0.2) is 30.3 Å². The van der Waals surface area contributed by atoms with Gasteiger partial charge >= 0.3 is 0 Å². The summed E-state index contributed by atoms with van der Waals surface area (Å²) in [4.78, 5) is 7.93. The molecule has 0 bridgehead atoms. The molecule has 0 fully saturated rings. The van der Waals surface area contributed by atoms with Gasteiger partial charge in [-0.1, -0.05) is 0 Å². The second kappa shape index (κ2) is 8.35. The summed E-state index contributed by atoms with van der Waals surface area (Å²) in [5.41, 5.74) is 2.04. The maximum absolute atomic E-state index is 13.2. The SMILES string of the molecule is [C-]#[N+]c1c(C)cc(Nc2cc(C)[nH]n2)nc1NCCOc1cc(F)cc(F)c1. The van der Waals surface area contributed by atoms with Gasteiger partial charge in [0.2, 0.25) is 5.69 Å². The summed E-state index contributed by atoms with van der Waals surface area (Å²) in [6.07, 6.45) is 0. The van der Waals surface area contributed by atoms with Gasteiger partial charge in [0, 0.05) is 36.5 Å². The minimum Gasteiger partial charge on any atom is -0.492 e. The van der Waals surface area contributed by atoms with Gasteiger partial charge in [-0.3, -0.25) is 5.10 Å². The fourth-order valence-corrected chi connectivity index (χ4v) is 2.56. The zero-order chi connectivity index (χ0) is 20.1. The highest BCUT2D eigenvalue weighted by Gasteiger charge is 2.11. The third-order valence-corrected chi connectivity index (χ3v) is 3.76. The van der Waals surface area contributed by atoms with Gasteiger partial charge in [-0.25, -0.2) is 18.6 Å². The molecule has 0 aliphatic rings. The molecule has 0 spiro atoms. The number of hydrogen-bond donors (Lipinski definition) is 3. The smallest absolute Gasteiger partial charge is 0.231 e. The summed E-state index contributed by atoms with van der Waals surface area (Å²) in [7, 11) is 0. The molecule has 0 saturated carbocycles. The topological polar surface area (TPSA) is 79.2 Å². The molecule has 28 heavy (non-hydrogen) atoms. The quantitative estimate of drug-likeness (QED) is 0.413. The average molecular weight is 384 g/mol. The lowest BCUT2D eigenvalue weighted by molar-refractivity contribution is 0.328. The number of benzene rings is 1. The molecule has 0 aliphatic carbocycles. The van der Waals surface area contributed by atoms with Crippen LogP contribution in [0.4, 0.5) is 31.9 Å². The third-order valence-electron chi connectivity index (χ3n) is 3.76. The molecule has 9 heteroatoms. The molecule has 0 aliphatic heterocycles. The van der Waals surface area contributed by atoms with E-state index in [-0.39, 0.29) is 18.9 Å². The molecule has 2 heterocycles. The number of pyridine rings is 1. The lowest BCUT2D eigenvalue weighted by Crippen LogP contribution is -2.13. The number of halogens is 2. The first-order chi connectivity index (χ1) is 13.4. The molecule has 3 rings (SSSR count). The Bertz CT molecular complexity index is 1010. The molecule has 3 N–H and O–H groups in total. The zero-order valence-electron chi connectivity index (χ0n) is 15.3. The predicted molar refractivity (Wildman–Crippen MR) is 102 cm³/mol. The van der Waals surface area contributed by atoms with Crippen molar-refractivity contribution in [1.29, 1.82) is 0 Å². The molecule has 0 amide bonds. The van der Waals surface area contributed by atoms with E-state index in [1.165, 1.54) is 0 Å². The van der Waals surface area contributed by atoms with Crippen LogP contribution in [-0.2, 0) is 0 Å². The molecular weight excluding hydrogens is 366 g/mol. The second-order valence-corrected chi connectivity index (χ2v) is 6.07. The summed E-state index contributed by atoms with van der Waals surface area (Å²) < 4.78 is 31.7. The minimum absolute atomic E-state index is 0.0955. The number of aromatic amines is 1. The van der Waals surface area contributed by atoms with E-state index in [9.17, 15) is 8.78 Å². The number of nitrogens with one attached hydrogen (secondary N) is 3. The first-order valence-corrected chi connectivity index (χ1v) is 8.45. The highest BCUT2D eigenvalue weighted by molar-refractivity contribution is 5.73. The number of aromatic nitrogens is 3. The number of H-pyrrole nitrogens is 1. The van der Waals surface area contributed by atoms with E-state index in [0.717, 1.165) is 29.5 Å². The van der Waals surface area contributed by atoms with Crippen molar-refractivity contribution in [2.45, 2.75) is 13.8 Å². The van der Waals surface area contributed by atoms with E-state index < -0.39 is 11.6 Å². The number of rotatable bonds is 7. The van der Waals surface area contributed by atoms with E-state index in [1.807, 2.05) is 19.9 Å². The Morgan fingerprint density at radius 2 is 1.86 bits per heavy atom. The average Bonchev–Trinajstić information content (AvgIpc) is 3.02. The summed E-state index contributed by atoms with van der Waals surface area (Å²) in [6.45, 7) is 11.5. The van der Waals surface area contributed by atoms with Crippen molar-refractivity contribution in [3.8, 4) is 5.75 Å². The van der Waals surface area contributed by atoms with Crippen LogP contribution in [0, 0.1) is 32.1 Å². The Morgan fingerprint density at radius 3 is 2.50 bits per heavy atom. The van der Waals surface area contributed by atoms with Crippen LogP contribution >= 0.6 is 0 Å². The number of nitrogens with zero attached hydrogens (tertiary/aromatic N) is 3. The molecular formula is C19H18F2N6O. The van der Waals surface area contributed by atoms with E-state index in [0.29, 0.717) is 23.1 Å². The molecule has 2 aromatic heterocycles. The zero-order valence-corrected chi connectivity index (χ0v) is 15.3. The van der Waals surface area contributed by atoms with Gasteiger partial charge in [0.05, 0.1) is 6.57 Å². The van der Waals surface area contributed by atoms with Crippen LogP contribution in [-0.4, -0.2) is 28.3 Å². The molecule has 0 radical (unpaired) electrons. The number of ether oxygens (including phenoxy) is 1. The summed E-state index contributed by atoms with van der Waals surface area (Å²) in [6, 6.07) is 6.57. The first-order valence-electron chi connectivity index (χ1n) is 8.45. The van der Waals surface area contributed by atoms with Crippen molar-refractivity contribution < 1.29 is 13.5 Å². The molecule has 0 atom stereocenters.